The van der Waals surface area contributed by atoms with E-state index in [-0.39, 0.29) is 18.0 Å². The van der Waals surface area contributed by atoms with Gasteiger partial charge in [-0.1, -0.05) is 46.8 Å². The highest BCUT2D eigenvalue weighted by atomic mass is 35.5. The normalized spacial score (nSPS) is 18.6. The number of carbonyl (C=O) groups is 4. The molecule has 1 N–H and O–H groups in total. The zero-order valence-corrected chi connectivity index (χ0v) is 27.4. The van der Waals surface area contributed by atoms with Gasteiger partial charge in [-0.05, 0) is 73.2 Å². The third kappa shape index (κ3) is 5.83. The number of fused-ring (bicyclic) bond motifs is 2. The first-order chi connectivity index (χ1) is 22.1. The summed E-state index contributed by atoms with van der Waals surface area (Å²) in [6, 6.07) is 20.5. The average Bonchev–Trinajstić information content (AvgIpc) is 3.48. The van der Waals surface area contributed by atoms with Crippen LogP contribution in [0.2, 0.25) is 5.02 Å². The first kappa shape index (κ1) is 31.6. The lowest BCUT2D eigenvalue weighted by atomic mass is 9.83. The van der Waals surface area contributed by atoms with Crippen LogP contribution in [0.15, 0.2) is 82.6 Å². The minimum Gasteiger partial charge on any atom is -0.462 e. The number of thiazole rings is 1. The molecule has 13 heteroatoms. The van der Waals surface area contributed by atoms with Crippen molar-refractivity contribution < 1.29 is 23.9 Å². The van der Waals surface area contributed by atoms with Crippen LogP contribution in [0, 0.1) is 5.92 Å². The van der Waals surface area contributed by atoms with Crippen molar-refractivity contribution in [1.29, 1.82) is 0 Å². The number of hydrogen-bond acceptors (Lipinski definition) is 9. The SMILES string of the molecule is CCOC(=O)c1ccc(N2C(=O)[C@H]3[C@H](c4ccc(N(C)C)cc4)c4sc(=O)n(CC(=O)Nc5ccc(Cl)cc5)c4S[C@H]3C2=O)cc1. The molecule has 0 unspecified atom stereocenters. The van der Waals surface area contributed by atoms with E-state index < -0.39 is 40.8 Å². The Bertz CT molecular complexity index is 1890. The lowest BCUT2D eigenvalue weighted by Gasteiger charge is -2.31. The number of aromatic nitrogens is 1. The largest absolute Gasteiger partial charge is 0.462 e. The van der Waals surface area contributed by atoms with E-state index in [1.807, 2.05) is 43.3 Å². The summed E-state index contributed by atoms with van der Waals surface area (Å²) in [5.74, 6) is -3.14. The van der Waals surface area contributed by atoms with E-state index >= 15 is 0 Å². The van der Waals surface area contributed by atoms with Crippen LogP contribution in [0.25, 0.3) is 0 Å². The van der Waals surface area contributed by atoms with E-state index in [9.17, 15) is 24.0 Å². The molecule has 0 aliphatic carbocycles. The smallest absolute Gasteiger partial charge is 0.338 e. The summed E-state index contributed by atoms with van der Waals surface area (Å²) in [4.78, 5) is 70.3. The van der Waals surface area contributed by atoms with E-state index in [2.05, 4.69) is 5.32 Å². The molecule has 0 saturated carbocycles. The van der Waals surface area contributed by atoms with Gasteiger partial charge in [-0.25, -0.2) is 9.69 Å². The maximum atomic E-state index is 14.2. The van der Waals surface area contributed by atoms with Crippen LogP contribution in [-0.2, 0) is 25.7 Å². The fourth-order valence-electron chi connectivity index (χ4n) is 5.69. The molecule has 2 aliphatic rings. The minimum absolute atomic E-state index is 0.221. The Hall–Kier alpha value is -4.39. The molecule has 3 atom stereocenters. The highest BCUT2D eigenvalue weighted by Gasteiger charge is 2.56. The zero-order chi connectivity index (χ0) is 32.7. The van der Waals surface area contributed by atoms with E-state index in [0.29, 0.717) is 31.9 Å². The van der Waals surface area contributed by atoms with Crippen molar-refractivity contribution in [2.75, 3.05) is 35.8 Å². The Morgan fingerprint density at radius 1 is 0.935 bits per heavy atom. The number of esters is 1. The van der Waals surface area contributed by atoms with Gasteiger partial charge in [0.15, 0.2) is 0 Å². The molecule has 6 rings (SSSR count). The van der Waals surface area contributed by atoms with Gasteiger partial charge in [-0.3, -0.25) is 23.7 Å². The van der Waals surface area contributed by atoms with Crippen molar-refractivity contribution >= 4 is 75.5 Å². The molecule has 3 heterocycles. The van der Waals surface area contributed by atoms with Crippen molar-refractivity contribution in [2.45, 2.75) is 29.7 Å². The van der Waals surface area contributed by atoms with Gasteiger partial charge in [-0.2, -0.15) is 0 Å². The maximum Gasteiger partial charge on any atom is 0.338 e. The zero-order valence-electron chi connectivity index (χ0n) is 25.1. The predicted octanol–water partition coefficient (Wildman–Crippen LogP) is 5.24. The van der Waals surface area contributed by atoms with Crippen LogP contribution < -0.4 is 20.0 Å². The molecule has 3 amide bonds. The van der Waals surface area contributed by atoms with Gasteiger partial charge >= 0.3 is 10.8 Å². The fraction of sp³-hybridized carbons (Fsp3) is 0.242. The van der Waals surface area contributed by atoms with Crippen LogP contribution in [-0.4, -0.2) is 54.2 Å². The highest BCUT2D eigenvalue weighted by Crippen LogP contribution is 2.54. The summed E-state index contributed by atoms with van der Waals surface area (Å²) < 4.78 is 6.44. The third-order valence-corrected chi connectivity index (χ3v) is 10.7. The number of imide groups is 1. The lowest BCUT2D eigenvalue weighted by molar-refractivity contribution is -0.122. The van der Waals surface area contributed by atoms with Crippen LogP contribution in [0.3, 0.4) is 0 Å². The summed E-state index contributed by atoms with van der Waals surface area (Å²) in [6.45, 7) is 1.66. The van der Waals surface area contributed by atoms with E-state index in [1.54, 1.807) is 43.3 Å². The molecule has 1 fully saturated rings. The van der Waals surface area contributed by atoms with Crippen LogP contribution in [0.4, 0.5) is 17.1 Å². The van der Waals surface area contributed by atoms with Crippen LogP contribution >= 0.6 is 34.7 Å². The average molecular weight is 677 g/mol. The number of nitrogens with one attached hydrogen (secondary N) is 1. The number of hydrogen-bond donors (Lipinski definition) is 1. The van der Waals surface area contributed by atoms with Crippen molar-refractivity contribution in [3.05, 3.63) is 103 Å². The Morgan fingerprint density at radius 2 is 1.61 bits per heavy atom. The maximum absolute atomic E-state index is 14.2. The van der Waals surface area contributed by atoms with E-state index in [4.69, 9.17) is 16.3 Å². The van der Waals surface area contributed by atoms with Crippen molar-refractivity contribution in [3.63, 3.8) is 0 Å². The molecule has 3 aromatic carbocycles. The number of rotatable bonds is 8. The Morgan fingerprint density at radius 3 is 2.24 bits per heavy atom. The summed E-state index contributed by atoms with van der Waals surface area (Å²) in [6.07, 6.45) is 0. The van der Waals surface area contributed by atoms with Gasteiger partial charge in [0.05, 0.1) is 28.8 Å². The van der Waals surface area contributed by atoms with E-state index in [0.717, 1.165) is 39.2 Å². The number of ether oxygens (including phenoxy) is 1. The second kappa shape index (κ2) is 12.8. The van der Waals surface area contributed by atoms with Gasteiger partial charge in [-0.15, -0.1) is 0 Å². The molecule has 1 aromatic heterocycles. The number of thioether (sulfide) groups is 1. The number of anilines is 3. The summed E-state index contributed by atoms with van der Waals surface area (Å²) in [5, 5.41) is 2.95. The third-order valence-electron chi connectivity index (χ3n) is 7.88. The summed E-state index contributed by atoms with van der Waals surface area (Å²) in [5.41, 5.74) is 2.90. The highest BCUT2D eigenvalue weighted by molar-refractivity contribution is 8.00. The van der Waals surface area contributed by atoms with Crippen molar-refractivity contribution in [2.24, 2.45) is 5.92 Å². The quantitative estimate of drug-likeness (QED) is 0.199. The molecule has 0 bridgehead atoms. The minimum atomic E-state index is -0.845. The topological polar surface area (TPSA) is 118 Å². The molecule has 236 valence electrons. The first-order valence-electron chi connectivity index (χ1n) is 14.4. The predicted molar refractivity (Wildman–Crippen MR) is 179 cm³/mol. The fourth-order valence-corrected chi connectivity index (χ4v) is 8.59. The number of benzene rings is 3. The molecular formula is C33H29ClN4O6S2. The van der Waals surface area contributed by atoms with Crippen LogP contribution in [0.5, 0.6) is 0 Å². The first-order valence-corrected chi connectivity index (χ1v) is 16.5. The monoisotopic (exact) mass is 676 g/mol. The summed E-state index contributed by atoms with van der Waals surface area (Å²) in [7, 11) is 3.84. The van der Waals surface area contributed by atoms with Crippen LogP contribution in [0.1, 0.15) is 33.6 Å². The van der Waals surface area contributed by atoms with Gasteiger partial charge in [0.1, 0.15) is 11.8 Å². The Balaban J connectivity index is 1.38. The lowest BCUT2D eigenvalue weighted by Crippen LogP contribution is -2.33. The number of carbonyl (C=O) groups excluding carboxylic acids is 4. The molecule has 4 aromatic rings. The van der Waals surface area contributed by atoms with Crippen molar-refractivity contribution in [1.82, 2.24) is 4.57 Å². The second-order valence-corrected chi connectivity index (χ2v) is 13.5. The molecule has 1 saturated heterocycles. The van der Waals surface area contributed by atoms with Gasteiger partial charge in [0, 0.05) is 41.3 Å². The molecule has 0 radical (unpaired) electrons. The number of nitrogens with zero attached hydrogens (tertiary/aromatic N) is 3. The molecule has 46 heavy (non-hydrogen) atoms. The standard InChI is InChI=1S/C33H29ClN4O6S2/c1-4-44-32(42)19-7-15-23(16-8-19)38-29(40)26-25(18-5-13-22(14-6-18)36(2)3)28-31(45-27(26)30(38)41)37(33(43)46-28)17-24(39)35-21-11-9-20(34)10-12-21/h5-16,25-27H,4,17H2,1-3H3,(H,35,39)/t25-,26-,27+/m0/s1. The molecule has 0 spiro atoms. The van der Waals surface area contributed by atoms with E-state index in [1.165, 1.54) is 16.7 Å². The van der Waals surface area contributed by atoms with Gasteiger partial charge < -0.3 is 15.0 Å². The van der Waals surface area contributed by atoms with Gasteiger partial charge in [0.2, 0.25) is 17.7 Å². The molecule has 2 aliphatic heterocycles. The number of halogens is 1. The second-order valence-electron chi connectivity index (χ2n) is 11.0. The Labute approximate surface area is 277 Å². The molecular weight excluding hydrogens is 648 g/mol. The summed E-state index contributed by atoms with van der Waals surface area (Å²) >= 11 is 8.09. The van der Waals surface area contributed by atoms with Gasteiger partial charge in [0.25, 0.3) is 0 Å². The molecule has 10 nitrogen and oxygen atoms in total. The Kier molecular flexibility index (Phi) is 8.78. The van der Waals surface area contributed by atoms with Crippen molar-refractivity contribution in [3.8, 4) is 0 Å². The number of amides is 3.